The van der Waals surface area contributed by atoms with Gasteiger partial charge in [0.1, 0.15) is 0 Å². The molecule has 0 aliphatic heterocycles. The minimum absolute atomic E-state index is 0.287. The minimum Gasteiger partial charge on any atom is -0.120 e. The second kappa shape index (κ2) is 3.34. The number of terminal acetylenes is 2. The molecule has 13 saturated carbocycles. The molecule has 0 N–H and O–H groups in total. The van der Waals surface area contributed by atoms with E-state index in [4.69, 9.17) is 12.8 Å². The maximum atomic E-state index is 6.28. The Morgan fingerprint density at radius 3 is 2.19 bits per heavy atom. The van der Waals surface area contributed by atoms with Crippen LogP contribution in [0.1, 0.15) is 58.3 Å². The molecular weight excluding hydrogens is 324 g/mol. The monoisotopic (exact) mass is 354 g/mol. The second-order valence-electron chi connectivity index (χ2n) is 13.6. The quantitative estimate of drug-likeness (QED) is 0.537. The fraction of sp³-hybridized carbons (Fsp3) is 0.852. The summed E-state index contributed by atoms with van der Waals surface area (Å²) in [6.45, 7) is 2.82. The SMILES string of the molecule is C#CC12CC3C4CC56CC7(C#C)CC8C9CC(C1)(C3C85)C(C4C2)C6(C)C9C7. The van der Waals surface area contributed by atoms with Crippen LogP contribution in [0, 0.1) is 105 Å². The third-order valence-electron chi connectivity index (χ3n) is 14.0. The first-order valence-corrected chi connectivity index (χ1v) is 11.9. The van der Waals surface area contributed by atoms with Gasteiger partial charge in [-0.2, -0.15) is 0 Å². The van der Waals surface area contributed by atoms with E-state index < -0.39 is 0 Å². The smallest absolute Gasteiger partial charge is 0.0323 e. The highest BCUT2D eigenvalue weighted by Gasteiger charge is 2.92. The Bertz CT molecular complexity index is 946. The van der Waals surface area contributed by atoms with Gasteiger partial charge in [0.25, 0.3) is 0 Å². The molecule has 13 fully saturated rings. The van der Waals surface area contributed by atoms with Crippen LogP contribution in [0.4, 0.5) is 0 Å². The molecule has 0 heteroatoms. The summed E-state index contributed by atoms with van der Waals surface area (Å²) in [5.41, 5.74) is 2.48. The topological polar surface area (TPSA) is 0 Å². The summed E-state index contributed by atoms with van der Waals surface area (Å²) < 4.78 is 0. The number of hydrogen-bond acceptors (Lipinski definition) is 0. The van der Waals surface area contributed by atoms with E-state index in [0.29, 0.717) is 21.7 Å². The molecule has 14 bridgehead atoms. The standard InChI is InChI=1S/C27H30/c1-4-24-6-16-14-10-27-13-25(5-2)7-17-15-9-26(12-24,20(16)21(17)27)22(18(14)8-24)23(27,3)19(15)11-25/h1-2,14-22H,6-13H2,3H3. The van der Waals surface area contributed by atoms with Crippen LogP contribution >= 0.6 is 0 Å². The van der Waals surface area contributed by atoms with Crippen LogP contribution in [0.15, 0.2) is 0 Å². The molecule has 14 unspecified atom stereocenters. The van der Waals surface area contributed by atoms with Crippen molar-refractivity contribution in [2.75, 3.05) is 0 Å². The molecule has 13 aliphatic carbocycles. The van der Waals surface area contributed by atoms with Gasteiger partial charge in [-0.15, -0.1) is 12.8 Å². The molecule has 0 aromatic heterocycles. The third-order valence-corrected chi connectivity index (χ3v) is 14.0. The van der Waals surface area contributed by atoms with Crippen molar-refractivity contribution in [2.45, 2.75) is 58.3 Å². The summed E-state index contributed by atoms with van der Waals surface area (Å²) in [5, 5.41) is 0. The molecule has 0 amide bonds. The summed E-state index contributed by atoms with van der Waals surface area (Å²) in [5.74, 6) is 15.9. The highest BCUT2D eigenvalue weighted by atomic mass is 15.0. The van der Waals surface area contributed by atoms with Gasteiger partial charge < -0.3 is 0 Å². The lowest BCUT2D eigenvalue weighted by Crippen LogP contribution is -2.90. The normalized spacial score (nSPS) is 79.1. The van der Waals surface area contributed by atoms with E-state index in [1.54, 1.807) is 12.8 Å². The van der Waals surface area contributed by atoms with E-state index in [2.05, 4.69) is 18.8 Å². The predicted octanol–water partition coefficient (Wildman–Crippen LogP) is 4.99. The van der Waals surface area contributed by atoms with Crippen LogP contribution < -0.4 is 0 Å². The first kappa shape index (κ1) is 14.2. The molecule has 13 rings (SSSR count). The molecule has 13 aliphatic rings. The zero-order valence-corrected chi connectivity index (χ0v) is 16.5. The summed E-state index contributed by atoms with van der Waals surface area (Å²) >= 11 is 0. The second-order valence-corrected chi connectivity index (χ2v) is 13.6. The number of hydrogen-bond donors (Lipinski definition) is 0. The molecule has 0 heterocycles. The molecular formula is C27H30. The van der Waals surface area contributed by atoms with E-state index in [-0.39, 0.29) is 5.41 Å². The van der Waals surface area contributed by atoms with Gasteiger partial charge in [-0.05, 0) is 121 Å². The Morgan fingerprint density at radius 1 is 0.704 bits per heavy atom. The number of rotatable bonds is 0. The molecule has 0 aromatic carbocycles. The van der Waals surface area contributed by atoms with E-state index in [1.165, 1.54) is 38.5 Å². The molecule has 2 spiro atoms. The maximum Gasteiger partial charge on any atom is 0.0323 e. The summed E-state index contributed by atoms with van der Waals surface area (Å²) in [4.78, 5) is 0. The molecule has 27 heavy (non-hydrogen) atoms. The van der Waals surface area contributed by atoms with Crippen molar-refractivity contribution >= 4 is 0 Å². The van der Waals surface area contributed by atoms with Crippen LogP contribution in [0.25, 0.3) is 0 Å². The van der Waals surface area contributed by atoms with Gasteiger partial charge in [0.05, 0.1) is 0 Å². The minimum atomic E-state index is 0.287. The van der Waals surface area contributed by atoms with Crippen molar-refractivity contribution in [2.24, 2.45) is 80.3 Å². The van der Waals surface area contributed by atoms with Crippen LogP contribution in [0.2, 0.25) is 0 Å². The van der Waals surface area contributed by atoms with Crippen molar-refractivity contribution in [3.05, 3.63) is 0 Å². The van der Waals surface area contributed by atoms with Gasteiger partial charge in [-0.3, -0.25) is 0 Å². The third kappa shape index (κ3) is 0.962. The zero-order valence-electron chi connectivity index (χ0n) is 16.5. The molecule has 14 atom stereocenters. The maximum absolute atomic E-state index is 6.28. The average Bonchev–Trinajstić information content (AvgIpc) is 2.66. The Balaban J connectivity index is 1.39. The van der Waals surface area contributed by atoms with Gasteiger partial charge in [0.15, 0.2) is 0 Å². The Morgan fingerprint density at radius 2 is 1.41 bits per heavy atom. The van der Waals surface area contributed by atoms with Crippen molar-refractivity contribution in [3.8, 4) is 24.7 Å². The van der Waals surface area contributed by atoms with Crippen molar-refractivity contribution < 1.29 is 0 Å². The summed E-state index contributed by atoms with van der Waals surface area (Å²) in [6, 6.07) is 0. The van der Waals surface area contributed by atoms with Crippen molar-refractivity contribution in [3.63, 3.8) is 0 Å². The lowest BCUT2D eigenvalue weighted by Gasteiger charge is -2.95. The van der Waals surface area contributed by atoms with Crippen LogP contribution in [0.3, 0.4) is 0 Å². The van der Waals surface area contributed by atoms with Crippen LogP contribution in [-0.2, 0) is 0 Å². The average molecular weight is 355 g/mol. The van der Waals surface area contributed by atoms with Gasteiger partial charge in [0.2, 0.25) is 0 Å². The molecule has 0 radical (unpaired) electrons. The molecule has 138 valence electrons. The Labute approximate surface area is 163 Å². The lowest BCUT2D eigenvalue weighted by atomic mass is 9.09. The summed E-state index contributed by atoms with van der Waals surface area (Å²) in [7, 11) is 0. The van der Waals surface area contributed by atoms with Crippen molar-refractivity contribution in [1.29, 1.82) is 0 Å². The fourth-order valence-corrected chi connectivity index (χ4v) is 14.6. The first-order chi connectivity index (χ1) is 13.0. The predicted molar refractivity (Wildman–Crippen MR) is 104 cm³/mol. The molecule has 0 nitrogen and oxygen atoms in total. The fourth-order valence-electron chi connectivity index (χ4n) is 14.6. The van der Waals surface area contributed by atoms with E-state index >= 15 is 0 Å². The van der Waals surface area contributed by atoms with Gasteiger partial charge in [-0.1, -0.05) is 18.8 Å². The zero-order chi connectivity index (χ0) is 17.8. The Kier molecular flexibility index (Phi) is 1.75. The highest BCUT2D eigenvalue weighted by Crippen LogP contribution is 2.97. The first-order valence-electron chi connectivity index (χ1n) is 11.9. The van der Waals surface area contributed by atoms with E-state index in [1.807, 2.05) is 0 Å². The molecule has 0 aromatic rings. The van der Waals surface area contributed by atoms with Crippen molar-refractivity contribution in [1.82, 2.24) is 0 Å². The summed E-state index contributed by atoms with van der Waals surface area (Å²) in [6.07, 6.45) is 24.1. The van der Waals surface area contributed by atoms with E-state index in [9.17, 15) is 0 Å². The van der Waals surface area contributed by atoms with Crippen LogP contribution in [-0.4, -0.2) is 0 Å². The lowest BCUT2D eigenvalue weighted by molar-refractivity contribution is -0.472. The van der Waals surface area contributed by atoms with Gasteiger partial charge >= 0.3 is 0 Å². The Hall–Kier alpha value is -0.880. The van der Waals surface area contributed by atoms with E-state index in [0.717, 1.165) is 53.3 Å². The van der Waals surface area contributed by atoms with Gasteiger partial charge in [-0.25, -0.2) is 0 Å². The van der Waals surface area contributed by atoms with Gasteiger partial charge in [0, 0.05) is 10.8 Å². The molecule has 0 saturated heterocycles. The van der Waals surface area contributed by atoms with Crippen LogP contribution in [0.5, 0.6) is 0 Å². The largest absolute Gasteiger partial charge is 0.120 e. The highest BCUT2D eigenvalue weighted by molar-refractivity contribution is 5.42.